The van der Waals surface area contributed by atoms with E-state index in [1.165, 1.54) is 0 Å². The van der Waals surface area contributed by atoms with Crippen molar-refractivity contribution in [1.82, 2.24) is 9.47 Å². The highest BCUT2D eigenvalue weighted by atomic mass is 35.5. The summed E-state index contributed by atoms with van der Waals surface area (Å²) in [7, 11) is 1.69. The molecule has 2 amide bonds. The van der Waals surface area contributed by atoms with Crippen LogP contribution in [0.1, 0.15) is 28.9 Å². The number of anilines is 1. The van der Waals surface area contributed by atoms with E-state index in [4.69, 9.17) is 28.9 Å². The van der Waals surface area contributed by atoms with Crippen LogP contribution < -0.4 is 11.1 Å². The van der Waals surface area contributed by atoms with Gasteiger partial charge in [-0.1, -0.05) is 41.4 Å². The first kappa shape index (κ1) is 19.7. The molecule has 27 heavy (non-hydrogen) atoms. The number of benzene rings is 1. The average molecular weight is 409 g/mol. The number of aromatic nitrogens is 1. The van der Waals surface area contributed by atoms with Crippen molar-refractivity contribution >= 4 is 40.7 Å². The number of amides is 2. The maximum Gasteiger partial charge on any atom is 0.272 e. The summed E-state index contributed by atoms with van der Waals surface area (Å²) in [6.45, 7) is 2.17. The molecule has 2 aromatic rings. The predicted octanol–water partition coefficient (Wildman–Crippen LogP) is 3.28. The summed E-state index contributed by atoms with van der Waals surface area (Å²) < 4.78 is 1.55. The van der Waals surface area contributed by atoms with Crippen molar-refractivity contribution in [2.45, 2.75) is 19.4 Å². The SMILES string of the molecule is Cn1c(C(=O)Nc2ccccc2CN2CCCC(C(N)=O)C2)cc(Cl)c1Cl. The molecule has 0 saturated carbocycles. The fourth-order valence-electron chi connectivity index (χ4n) is 3.40. The van der Waals surface area contributed by atoms with Crippen molar-refractivity contribution < 1.29 is 9.59 Å². The Labute approximate surface area is 168 Å². The third-order valence-corrected chi connectivity index (χ3v) is 5.76. The summed E-state index contributed by atoms with van der Waals surface area (Å²) in [6, 6.07) is 9.16. The largest absolute Gasteiger partial charge is 0.369 e. The van der Waals surface area contributed by atoms with Crippen molar-refractivity contribution in [1.29, 1.82) is 0 Å². The van der Waals surface area contributed by atoms with Crippen LogP contribution in [-0.2, 0) is 18.4 Å². The third-order valence-electron chi connectivity index (χ3n) is 4.92. The van der Waals surface area contributed by atoms with Gasteiger partial charge in [0.15, 0.2) is 0 Å². The number of halogens is 2. The van der Waals surface area contributed by atoms with Crippen LogP contribution in [0, 0.1) is 5.92 Å². The fraction of sp³-hybridized carbons (Fsp3) is 0.368. The number of carbonyl (C=O) groups is 2. The monoisotopic (exact) mass is 408 g/mol. The summed E-state index contributed by atoms with van der Waals surface area (Å²) in [6.07, 6.45) is 1.77. The number of nitrogens with zero attached hydrogens (tertiary/aromatic N) is 2. The Morgan fingerprint density at radius 3 is 2.70 bits per heavy atom. The minimum absolute atomic E-state index is 0.117. The number of para-hydroxylation sites is 1. The highest BCUT2D eigenvalue weighted by Gasteiger charge is 2.24. The molecule has 3 N–H and O–H groups in total. The molecule has 1 aromatic carbocycles. The smallest absolute Gasteiger partial charge is 0.272 e. The Balaban J connectivity index is 1.75. The summed E-state index contributed by atoms with van der Waals surface area (Å²) in [4.78, 5) is 26.4. The molecule has 144 valence electrons. The lowest BCUT2D eigenvalue weighted by atomic mass is 9.97. The molecule has 1 aliphatic heterocycles. The van der Waals surface area contributed by atoms with Crippen LogP contribution >= 0.6 is 23.2 Å². The van der Waals surface area contributed by atoms with E-state index in [9.17, 15) is 9.59 Å². The molecule has 0 radical (unpaired) electrons. The molecule has 1 aromatic heterocycles. The number of hydrogen-bond acceptors (Lipinski definition) is 3. The van der Waals surface area contributed by atoms with E-state index in [0.29, 0.717) is 29.0 Å². The number of hydrogen-bond donors (Lipinski definition) is 2. The third kappa shape index (κ3) is 4.46. The van der Waals surface area contributed by atoms with E-state index < -0.39 is 0 Å². The molecule has 0 spiro atoms. The quantitative estimate of drug-likeness (QED) is 0.796. The van der Waals surface area contributed by atoms with E-state index in [1.54, 1.807) is 17.7 Å². The van der Waals surface area contributed by atoms with Crippen LogP contribution in [0.3, 0.4) is 0 Å². The Morgan fingerprint density at radius 2 is 2.04 bits per heavy atom. The number of likely N-dealkylation sites (tertiary alicyclic amines) is 1. The Bertz CT molecular complexity index is 865. The van der Waals surface area contributed by atoms with Gasteiger partial charge in [0.25, 0.3) is 5.91 Å². The first-order valence-corrected chi connectivity index (χ1v) is 9.54. The van der Waals surface area contributed by atoms with Crippen LogP contribution in [-0.4, -0.2) is 34.4 Å². The van der Waals surface area contributed by atoms with Crippen LogP contribution in [0.5, 0.6) is 0 Å². The number of piperidine rings is 1. The average Bonchev–Trinajstić information content (AvgIpc) is 2.91. The second kappa shape index (κ2) is 8.33. The predicted molar refractivity (Wildman–Crippen MR) is 107 cm³/mol. The van der Waals surface area contributed by atoms with Gasteiger partial charge in [-0.05, 0) is 37.1 Å². The van der Waals surface area contributed by atoms with Crippen LogP contribution in [0.25, 0.3) is 0 Å². The zero-order valence-corrected chi connectivity index (χ0v) is 16.6. The number of rotatable bonds is 5. The molecule has 2 heterocycles. The molecule has 6 nitrogen and oxygen atoms in total. The molecule has 0 aliphatic carbocycles. The lowest BCUT2D eigenvalue weighted by molar-refractivity contribution is -0.123. The molecule has 8 heteroatoms. The van der Waals surface area contributed by atoms with Crippen LogP contribution in [0.4, 0.5) is 5.69 Å². The van der Waals surface area contributed by atoms with Gasteiger partial charge < -0.3 is 15.6 Å². The van der Waals surface area contributed by atoms with Gasteiger partial charge in [-0.25, -0.2) is 0 Å². The molecular formula is C19H22Cl2N4O2. The number of carbonyl (C=O) groups excluding carboxylic acids is 2. The van der Waals surface area contributed by atoms with Gasteiger partial charge in [-0.3, -0.25) is 14.5 Å². The molecule has 1 unspecified atom stereocenters. The lowest BCUT2D eigenvalue weighted by Crippen LogP contribution is -2.40. The maximum atomic E-state index is 12.7. The summed E-state index contributed by atoms with van der Waals surface area (Å²) in [5.41, 5.74) is 7.54. The Hall–Kier alpha value is -2.02. The summed E-state index contributed by atoms with van der Waals surface area (Å²) in [5.74, 6) is -0.653. The Morgan fingerprint density at radius 1 is 1.30 bits per heavy atom. The molecule has 0 bridgehead atoms. The first-order valence-electron chi connectivity index (χ1n) is 8.78. The van der Waals surface area contributed by atoms with Crippen molar-refractivity contribution in [3.63, 3.8) is 0 Å². The summed E-state index contributed by atoms with van der Waals surface area (Å²) >= 11 is 12.1. The zero-order chi connectivity index (χ0) is 19.6. The Kier molecular flexibility index (Phi) is 6.09. The van der Waals surface area contributed by atoms with Gasteiger partial charge in [0.2, 0.25) is 5.91 Å². The van der Waals surface area contributed by atoms with E-state index in [2.05, 4.69) is 10.2 Å². The number of nitrogens with one attached hydrogen (secondary N) is 1. The lowest BCUT2D eigenvalue weighted by Gasteiger charge is -2.31. The van der Waals surface area contributed by atoms with Gasteiger partial charge in [0.05, 0.1) is 10.9 Å². The van der Waals surface area contributed by atoms with Crippen molar-refractivity contribution in [3.05, 3.63) is 51.8 Å². The molecule has 1 saturated heterocycles. The molecule has 3 rings (SSSR count). The molecule has 1 fully saturated rings. The van der Waals surface area contributed by atoms with Gasteiger partial charge >= 0.3 is 0 Å². The van der Waals surface area contributed by atoms with E-state index in [0.717, 1.165) is 30.6 Å². The van der Waals surface area contributed by atoms with Gasteiger partial charge in [0.1, 0.15) is 10.8 Å². The summed E-state index contributed by atoms with van der Waals surface area (Å²) in [5, 5.41) is 3.59. The maximum absolute atomic E-state index is 12.7. The van der Waals surface area contributed by atoms with Crippen molar-refractivity contribution in [2.24, 2.45) is 18.7 Å². The van der Waals surface area contributed by atoms with E-state index in [-0.39, 0.29) is 17.7 Å². The van der Waals surface area contributed by atoms with E-state index in [1.807, 2.05) is 24.3 Å². The normalized spacial score (nSPS) is 17.7. The molecule has 1 aliphatic rings. The van der Waals surface area contributed by atoms with Gasteiger partial charge in [-0.2, -0.15) is 0 Å². The van der Waals surface area contributed by atoms with Crippen LogP contribution in [0.15, 0.2) is 30.3 Å². The number of primary amides is 1. The standard InChI is InChI=1S/C19H22Cl2N4O2/c1-24-16(9-14(20)17(24)21)19(27)23-15-7-3-2-5-12(15)10-25-8-4-6-13(11-25)18(22)26/h2-3,5,7,9,13H,4,6,8,10-11H2,1H3,(H2,22,26)(H,23,27). The zero-order valence-electron chi connectivity index (χ0n) is 15.0. The van der Waals surface area contributed by atoms with E-state index >= 15 is 0 Å². The minimum Gasteiger partial charge on any atom is -0.369 e. The van der Waals surface area contributed by atoms with Gasteiger partial charge in [0, 0.05) is 25.8 Å². The molecular weight excluding hydrogens is 387 g/mol. The minimum atomic E-state index is -0.285. The van der Waals surface area contributed by atoms with Crippen LogP contribution in [0.2, 0.25) is 10.2 Å². The highest BCUT2D eigenvalue weighted by molar-refractivity contribution is 6.42. The topological polar surface area (TPSA) is 80.4 Å². The number of nitrogens with two attached hydrogens (primary N) is 1. The first-order chi connectivity index (χ1) is 12.9. The van der Waals surface area contributed by atoms with Crippen molar-refractivity contribution in [3.8, 4) is 0 Å². The van der Waals surface area contributed by atoms with Gasteiger partial charge in [-0.15, -0.1) is 0 Å². The molecule has 1 atom stereocenters. The second-order valence-corrected chi connectivity index (χ2v) is 7.58. The highest BCUT2D eigenvalue weighted by Crippen LogP contribution is 2.27. The van der Waals surface area contributed by atoms with Crippen molar-refractivity contribution in [2.75, 3.05) is 18.4 Å². The second-order valence-electron chi connectivity index (χ2n) is 6.82. The fourth-order valence-corrected chi connectivity index (χ4v) is 3.77.